The number of esters is 1. The molecule has 0 saturated carbocycles. The van der Waals surface area contributed by atoms with E-state index in [2.05, 4.69) is 4.90 Å². The van der Waals surface area contributed by atoms with Gasteiger partial charge in [-0.1, -0.05) is 35.3 Å². The summed E-state index contributed by atoms with van der Waals surface area (Å²) in [6, 6.07) is 17.4. The van der Waals surface area contributed by atoms with Gasteiger partial charge in [0.15, 0.2) is 0 Å². The Morgan fingerprint density at radius 2 is 1.72 bits per heavy atom. The first-order chi connectivity index (χ1) is 18.7. The third-order valence-electron chi connectivity index (χ3n) is 7.06. The molecule has 0 amide bonds. The molecule has 0 aromatic heterocycles. The van der Waals surface area contributed by atoms with E-state index < -0.39 is 16.1 Å². The molecule has 3 aromatic carbocycles. The molecule has 8 nitrogen and oxygen atoms in total. The predicted molar refractivity (Wildman–Crippen MR) is 151 cm³/mol. The van der Waals surface area contributed by atoms with Crippen molar-refractivity contribution >= 4 is 50.6 Å². The normalized spacial score (nSPS) is 17.2. The summed E-state index contributed by atoms with van der Waals surface area (Å²) < 4.78 is 45.3. The Kier molecular flexibility index (Phi) is 7.84. The Morgan fingerprint density at radius 1 is 1.00 bits per heavy atom. The van der Waals surface area contributed by atoms with E-state index in [1.54, 1.807) is 18.2 Å². The molecule has 3 aromatic rings. The summed E-state index contributed by atoms with van der Waals surface area (Å²) in [4.78, 5) is 14.0. The van der Waals surface area contributed by atoms with Crippen molar-refractivity contribution in [3.05, 3.63) is 76.3 Å². The molecule has 11 heteroatoms. The van der Waals surface area contributed by atoms with Gasteiger partial charge in [-0.3, -0.25) is 9.10 Å². The average molecular weight is 592 g/mol. The van der Waals surface area contributed by atoms with Gasteiger partial charge >= 0.3 is 5.97 Å². The number of halogens is 2. The lowest BCUT2D eigenvalue weighted by Crippen LogP contribution is -2.46. The van der Waals surface area contributed by atoms with Crippen molar-refractivity contribution in [2.45, 2.75) is 29.8 Å². The van der Waals surface area contributed by atoms with Gasteiger partial charge in [-0.25, -0.2) is 8.42 Å². The van der Waals surface area contributed by atoms with Gasteiger partial charge in [0.05, 0.1) is 31.3 Å². The van der Waals surface area contributed by atoms with E-state index in [1.165, 1.54) is 30.7 Å². The summed E-state index contributed by atoms with van der Waals surface area (Å²) in [6.07, 6.45) is -0.107. The number of anilines is 2. The first-order valence-corrected chi connectivity index (χ1v) is 14.6. The fraction of sp³-hybridized carbons (Fsp3) is 0.321. The molecule has 0 unspecified atom stereocenters. The fourth-order valence-corrected chi connectivity index (χ4v) is 7.16. The predicted octanol–water partition coefficient (Wildman–Crippen LogP) is 5.52. The molecule has 2 aliphatic rings. The fourth-order valence-electron chi connectivity index (χ4n) is 4.92. The van der Waals surface area contributed by atoms with Crippen LogP contribution in [0.2, 0.25) is 10.0 Å². The molecule has 1 saturated heterocycles. The zero-order valence-electron chi connectivity index (χ0n) is 21.5. The van der Waals surface area contributed by atoms with Crippen LogP contribution in [0.4, 0.5) is 11.4 Å². The van der Waals surface area contributed by atoms with Crippen molar-refractivity contribution in [1.82, 2.24) is 0 Å². The van der Waals surface area contributed by atoms with Crippen LogP contribution in [0.25, 0.3) is 0 Å². The van der Waals surface area contributed by atoms with Crippen LogP contribution in [0.5, 0.6) is 11.5 Å². The Morgan fingerprint density at radius 3 is 2.41 bits per heavy atom. The number of carbonyl (C=O) groups is 1. The van der Waals surface area contributed by atoms with Gasteiger partial charge in [-0.15, -0.1) is 0 Å². The Hall–Kier alpha value is -3.14. The van der Waals surface area contributed by atoms with E-state index in [9.17, 15) is 13.2 Å². The monoisotopic (exact) mass is 590 g/mol. The number of ether oxygens (including phenoxy) is 3. The van der Waals surface area contributed by atoms with Gasteiger partial charge in [-0.2, -0.15) is 0 Å². The molecule has 0 aliphatic carbocycles. The number of rotatable bonds is 8. The summed E-state index contributed by atoms with van der Waals surface area (Å²) in [6.45, 7) is 1.42. The van der Waals surface area contributed by atoms with Crippen molar-refractivity contribution < 1.29 is 27.4 Å². The lowest BCUT2D eigenvalue weighted by Gasteiger charge is -2.43. The van der Waals surface area contributed by atoms with Crippen molar-refractivity contribution in [2.24, 2.45) is 0 Å². The van der Waals surface area contributed by atoms with Crippen LogP contribution < -0.4 is 18.7 Å². The lowest BCUT2D eigenvalue weighted by molar-refractivity contribution is -0.141. The minimum Gasteiger partial charge on any atom is -0.497 e. The highest BCUT2D eigenvalue weighted by Crippen LogP contribution is 2.44. The van der Waals surface area contributed by atoms with E-state index in [4.69, 9.17) is 37.4 Å². The Labute approximate surface area is 238 Å². The molecule has 206 valence electrons. The first-order valence-electron chi connectivity index (χ1n) is 12.4. The number of carbonyl (C=O) groups excluding carboxylic acids is 1. The van der Waals surface area contributed by atoms with E-state index in [1.807, 2.05) is 30.3 Å². The molecule has 1 atom stereocenters. The van der Waals surface area contributed by atoms with E-state index >= 15 is 0 Å². The van der Waals surface area contributed by atoms with Crippen molar-refractivity contribution in [2.75, 3.05) is 43.1 Å². The number of fused-ring (bicyclic) bond motifs is 1. The van der Waals surface area contributed by atoms with Gasteiger partial charge in [-0.05, 0) is 54.4 Å². The van der Waals surface area contributed by atoms with E-state index in [-0.39, 0.29) is 29.7 Å². The largest absolute Gasteiger partial charge is 0.497 e. The highest BCUT2D eigenvalue weighted by Gasteiger charge is 2.37. The SMILES string of the molecule is COC(=O)CC[C@H]1CN(S(=O)(=O)c2cccc(OC)c2)c2cc(N3CC(c4c(Cl)cccc4Cl)C3)ccc2O1. The maximum absolute atomic E-state index is 13.9. The van der Waals surface area contributed by atoms with Crippen LogP contribution in [0.1, 0.15) is 24.3 Å². The van der Waals surface area contributed by atoms with Crippen LogP contribution in [0.3, 0.4) is 0 Å². The van der Waals surface area contributed by atoms with Crippen molar-refractivity contribution in [3.63, 3.8) is 0 Å². The molecule has 0 N–H and O–H groups in total. The quantitative estimate of drug-likeness (QED) is 0.319. The molecule has 0 spiro atoms. The maximum atomic E-state index is 13.9. The standard InChI is InChI=1S/C28H28Cl2N2O6S/c1-36-20-5-3-6-22(14-20)39(34,35)32-17-21(10-12-27(33)37-2)38-26-11-9-19(13-25(26)32)31-15-18(16-31)28-23(29)7-4-8-24(28)30/h3-9,11,13-14,18,21H,10,12,15-17H2,1-2H3/t21-/m0/s1. The zero-order chi connectivity index (χ0) is 27.7. The molecular weight excluding hydrogens is 563 g/mol. The van der Waals surface area contributed by atoms with Crippen LogP contribution in [-0.2, 0) is 19.6 Å². The first kappa shape index (κ1) is 27.4. The summed E-state index contributed by atoms with van der Waals surface area (Å²) in [5.41, 5.74) is 2.22. The third kappa shape index (κ3) is 5.48. The van der Waals surface area contributed by atoms with Gasteiger partial charge < -0.3 is 19.1 Å². The number of hydrogen-bond donors (Lipinski definition) is 0. The molecule has 39 heavy (non-hydrogen) atoms. The molecule has 2 aliphatic heterocycles. The number of sulfonamides is 1. The van der Waals surface area contributed by atoms with E-state index in [0.29, 0.717) is 46.7 Å². The molecule has 0 radical (unpaired) electrons. The number of benzene rings is 3. The average Bonchev–Trinajstić information content (AvgIpc) is 2.91. The zero-order valence-corrected chi connectivity index (χ0v) is 23.8. The van der Waals surface area contributed by atoms with Crippen LogP contribution in [-0.4, -0.2) is 54.3 Å². The second-order valence-electron chi connectivity index (χ2n) is 9.46. The molecule has 0 bridgehead atoms. The Balaban J connectivity index is 1.45. The number of methoxy groups -OCH3 is 2. The van der Waals surface area contributed by atoms with Crippen LogP contribution in [0, 0.1) is 0 Å². The summed E-state index contributed by atoms with van der Waals surface area (Å²) in [5, 5.41) is 1.28. The summed E-state index contributed by atoms with van der Waals surface area (Å²) in [5.74, 6) is 0.647. The van der Waals surface area contributed by atoms with Crippen LogP contribution >= 0.6 is 23.2 Å². The molecule has 2 heterocycles. The van der Waals surface area contributed by atoms with Gasteiger partial charge in [0.25, 0.3) is 10.0 Å². The smallest absolute Gasteiger partial charge is 0.305 e. The molecule has 1 fully saturated rings. The van der Waals surface area contributed by atoms with Crippen molar-refractivity contribution in [1.29, 1.82) is 0 Å². The number of nitrogens with zero attached hydrogens (tertiary/aromatic N) is 2. The third-order valence-corrected chi connectivity index (χ3v) is 9.49. The highest BCUT2D eigenvalue weighted by atomic mass is 35.5. The van der Waals surface area contributed by atoms with Gasteiger partial charge in [0.2, 0.25) is 0 Å². The summed E-state index contributed by atoms with van der Waals surface area (Å²) in [7, 11) is -1.17. The highest BCUT2D eigenvalue weighted by molar-refractivity contribution is 7.92. The van der Waals surface area contributed by atoms with Crippen molar-refractivity contribution in [3.8, 4) is 11.5 Å². The summed E-state index contributed by atoms with van der Waals surface area (Å²) >= 11 is 12.8. The minimum absolute atomic E-state index is 0.0465. The van der Waals surface area contributed by atoms with Gasteiger partial charge in [0, 0.05) is 47.2 Å². The molecular formula is C28H28Cl2N2O6S. The van der Waals surface area contributed by atoms with Gasteiger partial charge in [0.1, 0.15) is 17.6 Å². The Bertz CT molecular complexity index is 1470. The molecule has 5 rings (SSSR count). The lowest BCUT2D eigenvalue weighted by atomic mass is 9.90. The van der Waals surface area contributed by atoms with E-state index in [0.717, 1.165) is 11.3 Å². The minimum atomic E-state index is -3.98. The second-order valence-corrected chi connectivity index (χ2v) is 12.1. The number of hydrogen-bond acceptors (Lipinski definition) is 7. The van der Waals surface area contributed by atoms with Crippen LogP contribution in [0.15, 0.2) is 65.6 Å². The second kappa shape index (κ2) is 11.2. The maximum Gasteiger partial charge on any atom is 0.305 e. The topological polar surface area (TPSA) is 85.4 Å².